The summed E-state index contributed by atoms with van der Waals surface area (Å²) < 4.78 is 5.08. The van der Waals surface area contributed by atoms with Gasteiger partial charge >= 0.3 is 0 Å². The molecule has 0 aliphatic carbocycles. The Morgan fingerprint density at radius 3 is 3.00 bits per heavy atom. The minimum absolute atomic E-state index is 0.135. The molecular formula is C12H26N4O. The molecule has 2 unspecified atom stereocenters. The number of guanidine groups is 1. The number of nitrogens with two attached hydrogens (primary N) is 1. The lowest BCUT2D eigenvalue weighted by Crippen LogP contribution is -2.44. The van der Waals surface area contributed by atoms with Crippen LogP contribution >= 0.6 is 0 Å². The first-order chi connectivity index (χ1) is 8.21. The first kappa shape index (κ1) is 14.3. The number of nitrogens with zero attached hydrogens (tertiary/aromatic N) is 2. The number of aliphatic imine (C=N–C) groups is 1. The second-order valence-electron chi connectivity index (χ2n) is 4.79. The Hall–Kier alpha value is -0.810. The van der Waals surface area contributed by atoms with Gasteiger partial charge in [0.25, 0.3) is 0 Å². The quantitative estimate of drug-likeness (QED) is 0.326. The van der Waals surface area contributed by atoms with Crippen LogP contribution in [0.25, 0.3) is 0 Å². The molecular weight excluding hydrogens is 216 g/mol. The van der Waals surface area contributed by atoms with Crippen molar-refractivity contribution in [2.45, 2.75) is 39.2 Å². The van der Waals surface area contributed by atoms with Gasteiger partial charge in [-0.15, -0.1) is 0 Å². The maximum atomic E-state index is 5.55. The Balaban J connectivity index is 2.51. The number of nitrogens with one attached hydrogen (secondary N) is 1. The van der Waals surface area contributed by atoms with E-state index in [1.807, 2.05) is 6.92 Å². The molecule has 100 valence electrons. The van der Waals surface area contributed by atoms with Crippen LogP contribution in [0.1, 0.15) is 33.1 Å². The van der Waals surface area contributed by atoms with Crippen molar-refractivity contribution in [3.8, 4) is 0 Å². The number of likely N-dealkylation sites (tertiary alicyclic amines) is 1. The fraction of sp³-hybridized carbons (Fsp3) is 0.917. The summed E-state index contributed by atoms with van der Waals surface area (Å²) in [5, 5.41) is 0. The second-order valence-corrected chi connectivity index (χ2v) is 4.79. The van der Waals surface area contributed by atoms with Crippen LogP contribution in [0.3, 0.4) is 0 Å². The molecule has 1 saturated heterocycles. The lowest BCUT2D eigenvalue weighted by Gasteiger charge is -2.21. The van der Waals surface area contributed by atoms with Gasteiger partial charge in [-0.05, 0) is 25.7 Å². The van der Waals surface area contributed by atoms with Gasteiger partial charge in [0.05, 0.1) is 12.6 Å². The van der Waals surface area contributed by atoms with Crippen molar-refractivity contribution in [3.63, 3.8) is 0 Å². The van der Waals surface area contributed by atoms with Crippen molar-refractivity contribution >= 4 is 5.96 Å². The van der Waals surface area contributed by atoms with Crippen LogP contribution in [0.15, 0.2) is 4.99 Å². The average molecular weight is 242 g/mol. The van der Waals surface area contributed by atoms with Crippen LogP contribution < -0.4 is 11.3 Å². The fourth-order valence-corrected chi connectivity index (χ4v) is 2.37. The molecule has 1 aliphatic heterocycles. The number of ether oxygens (including phenoxy) is 1. The normalized spacial score (nSPS) is 22.9. The molecule has 0 spiro atoms. The van der Waals surface area contributed by atoms with E-state index < -0.39 is 0 Å². The van der Waals surface area contributed by atoms with E-state index >= 15 is 0 Å². The molecule has 1 heterocycles. The first-order valence-corrected chi connectivity index (χ1v) is 6.49. The van der Waals surface area contributed by atoms with Crippen molar-refractivity contribution < 1.29 is 4.74 Å². The predicted molar refractivity (Wildman–Crippen MR) is 70.7 cm³/mol. The summed E-state index contributed by atoms with van der Waals surface area (Å²) in [6, 6.07) is 0.135. The van der Waals surface area contributed by atoms with E-state index in [0.29, 0.717) is 6.61 Å². The molecule has 0 amide bonds. The van der Waals surface area contributed by atoms with E-state index in [9.17, 15) is 0 Å². The molecule has 5 heteroatoms. The van der Waals surface area contributed by atoms with Gasteiger partial charge in [0.1, 0.15) is 0 Å². The average Bonchev–Trinajstić information content (AvgIpc) is 2.75. The molecule has 0 radical (unpaired) electrons. The third kappa shape index (κ3) is 4.52. The van der Waals surface area contributed by atoms with Crippen LogP contribution in [0.2, 0.25) is 0 Å². The molecule has 0 saturated carbocycles. The van der Waals surface area contributed by atoms with Crippen molar-refractivity contribution in [1.29, 1.82) is 0 Å². The smallest absolute Gasteiger partial charge is 0.208 e. The zero-order chi connectivity index (χ0) is 12.7. The Morgan fingerprint density at radius 1 is 1.65 bits per heavy atom. The molecule has 0 aromatic rings. The molecule has 2 atom stereocenters. The molecule has 17 heavy (non-hydrogen) atoms. The molecule has 0 bridgehead atoms. The van der Waals surface area contributed by atoms with Crippen LogP contribution in [-0.2, 0) is 4.74 Å². The predicted octanol–water partition coefficient (Wildman–Crippen LogP) is 0.963. The summed E-state index contributed by atoms with van der Waals surface area (Å²) >= 11 is 0. The van der Waals surface area contributed by atoms with Gasteiger partial charge in [0.2, 0.25) is 5.96 Å². The maximum absolute atomic E-state index is 5.55. The zero-order valence-electron chi connectivity index (χ0n) is 11.3. The monoisotopic (exact) mass is 242 g/mol. The summed E-state index contributed by atoms with van der Waals surface area (Å²) in [4.78, 5) is 6.79. The molecule has 3 N–H and O–H groups in total. The SMILES string of the molecule is CCCC1CCN(C(=NC(C)COC)NN)C1. The van der Waals surface area contributed by atoms with Crippen LogP contribution in [0.4, 0.5) is 0 Å². The van der Waals surface area contributed by atoms with Crippen molar-refractivity contribution in [2.75, 3.05) is 26.8 Å². The van der Waals surface area contributed by atoms with Crippen LogP contribution in [0, 0.1) is 5.92 Å². The Bertz CT molecular complexity index is 245. The summed E-state index contributed by atoms with van der Waals surface area (Å²) in [6.07, 6.45) is 3.79. The molecule has 1 rings (SSSR count). The summed E-state index contributed by atoms with van der Waals surface area (Å²) in [5.74, 6) is 7.14. The third-order valence-corrected chi connectivity index (χ3v) is 3.16. The lowest BCUT2D eigenvalue weighted by atomic mass is 10.0. The number of methoxy groups -OCH3 is 1. The summed E-state index contributed by atoms with van der Waals surface area (Å²) in [6.45, 7) is 7.00. The van der Waals surface area contributed by atoms with Crippen molar-refractivity contribution in [2.24, 2.45) is 16.8 Å². The van der Waals surface area contributed by atoms with Crippen molar-refractivity contribution in [1.82, 2.24) is 10.3 Å². The molecule has 5 nitrogen and oxygen atoms in total. The highest BCUT2D eigenvalue weighted by Gasteiger charge is 2.24. The van der Waals surface area contributed by atoms with Gasteiger partial charge in [0.15, 0.2) is 0 Å². The van der Waals surface area contributed by atoms with E-state index in [1.165, 1.54) is 19.3 Å². The standard InChI is InChI=1S/C12H26N4O/c1-4-5-11-6-7-16(8-11)12(15-13)14-10(2)9-17-3/h10-11H,4-9,13H2,1-3H3,(H,14,15). The van der Waals surface area contributed by atoms with Crippen LogP contribution in [0.5, 0.6) is 0 Å². The minimum Gasteiger partial charge on any atom is -0.382 e. The van der Waals surface area contributed by atoms with Gasteiger partial charge in [-0.2, -0.15) is 0 Å². The highest BCUT2D eigenvalue weighted by atomic mass is 16.5. The van der Waals surface area contributed by atoms with E-state index in [-0.39, 0.29) is 6.04 Å². The van der Waals surface area contributed by atoms with Gasteiger partial charge in [0, 0.05) is 20.2 Å². The van der Waals surface area contributed by atoms with E-state index in [1.54, 1.807) is 7.11 Å². The zero-order valence-corrected chi connectivity index (χ0v) is 11.3. The second kappa shape index (κ2) is 7.50. The lowest BCUT2D eigenvalue weighted by molar-refractivity contribution is 0.185. The first-order valence-electron chi connectivity index (χ1n) is 6.49. The highest BCUT2D eigenvalue weighted by Crippen LogP contribution is 2.20. The largest absolute Gasteiger partial charge is 0.382 e. The maximum Gasteiger partial charge on any atom is 0.208 e. The van der Waals surface area contributed by atoms with Gasteiger partial charge in [-0.25, -0.2) is 10.8 Å². The highest BCUT2D eigenvalue weighted by molar-refractivity contribution is 5.79. The van der Waals surface area contributed by atoms with Crippen LogP contribution in [-0.4, -0.2) is 43.7 Å². The number of rotatable bonds is 5. The number of hydrogen-bond acceptors (Lipinski definition) is 3. The Labute approximate surface area is 104 Å². The fourth-order valence-electron chi connectivity index (χ4n) is 2.37. The van der Waals surface area contributed by atoms with E-state index in [4.69, 9.17) is 10.6 Å². The summed E-state index contributed by atoms with van der Waals surface area (Å²) in [5.41, 5.74) is 2.72. The third-order valence-electron chi connectivity index (χ3n) is 3.16. The Kier molecular flexibility index (Phi) is 6.29. The van der Waals surface area contributed by atoms with E-state index in [2.05, 4.69) is 22.2 Å². The molecule has 1 aliphatic rings. The summed E-state index contributed by atoms with van der Waals surface area (Å²) in [7, 11) is 1.69. The van der Waals surface area contributed by atoms with E-state index in [0.717, 1.165) is 25.0 Å². The number of hydrazine groups is 1. The van der Waals surface area contributed by atoms with Gasteiger partial charge in [-0.3, -0.25) is 5.43 Å². The minimum atomic E-state index is 0.135. The molecule has 0 aromatic carbocycles. The van der Waals surface area contributed by atoms with Crippen molar-refractivity contribution in [3.05, 3.63) is 0 Å². The van der Waals surface area contributed by atoms with Gasteiger partial charge < -0.3 is 9.64 Å². The van der Waals surface area contributed by atoms with Gasteiger partial charge in [-0.1, -0.05) is 13.3 Å². The number of hydrogen-bond donors (Lipinski definition) is 2. The molecule has 1 fully saturated rings. The molecule has 0 aromatic heterocycles. The Morgan fingerprint density at radius 2 is 2.41 bits per heavy atom. The topological polar surface area (TPSA) is 62.9 Å².